The molecule has 0 aliphatic heterocycles. The third-order valence-corrected chi connectivity index (χ3v) is 2.38. The average Bonchev–Trinajstić information content (AvgIpc) is 2.50. The quantitative estimate of drug-likeness (QED) is 0.591. The second-order valence-corrected chi connectivity index (χ2v) is 3.70. The van der Waals surface area contributed by atoms with Crippen molar-refractivity contribution in [2.75, 3.05) is 0 Å². The van der Waals surface area contributed by atoms with Gasteiger partial charge in [0.05, 0.1) is 5.52 Å². The highest BCUT2D eigenvalue weighted by Crippen LogP contribution is 2.37. The van der Waals surface area contributed by atoms with E-state index in [1.54, 1.807) is 11.6 Å². The number of nitrogens with zero attached hydrogens (tertiary/aromatic N) is 3. The molecule has 0 aliphatic carbocycles. The van der Waals surface area contributed by atoms with Gasteiger partial charge in [0.15, 0.2) is 5.69 Å². The Bertz CT molecular complexity index is 591. The molecule has 2 rings (SSSR count). The van der Waals surface area contributed by atoms with Gasteiger partial charge in [0, 0.05) is 12.4 Å². The van der Waals surface area contributed by atoms with E-state index in [-0.39, 0.29) is 16.5 Å². The summed E-state index contributed by atoms with van der Waals surface area (Å²) in [6.45, 7) is 0. The first-order chi connectivity index (χ1) is 7.61. The number of azo groups is 1. The Morgan fingerprint density at radius 1 is 1.41 bits per heavy atom. The molecule has 0 atom stereocenters. The van der Waals surface area contributed by atoms with E-state index in [1.165, 1.54) is 0 Å². The summed E-state index contributed by atoms with van der Waals surface area (Å²) in [4.78, 5) is 0. The highest BCUT2D eigenvalue weighted by atomic mass is 32.1. The lowest BCUT2D eigenvalue weighted by Gasteiger charge is -1.94. The van der Waals surface area contributed by atoms with Crippen molar-refractivity contribution in [2.24, 2.45) is 23.0 Å². The SMILES string of the molecule is Cn1c(O)c(N=NC(N)=S)c2ccccc21.O. The van der Waals surface area contributed by atoms with E-state index in [4.69, 9.17) is 5.73 Å². The zero-order valence-corrected chi connectivity index (χ0v) is 9.90. The molecule has 90 valence electrons. The van der Waals surface area contributed by atoms with Crippen LogP contribution in [0.15, 0.2) is 34.5 Å². The molecular formula is C10H12N4O2S. The normalized spacial score (nSPS) is 10.6. The maximum Gasteiger partial charge on any atom is 0.220 e. The minimum Gasteiger partial charge on any atom is -0.493 e. The third-order valence-electron chi connectivity index (χ3n) is 2.30. The Balaban J connectivity index is 0.00000144. The Hall–Kier alpha value is -1.99. The van der Waals surface area contributed by atoms with Crippen molar-refractivity contribution in [1.29, 1.82) is 0 Å². The maximum absolute atomic E-state index is 9.86. The number of aromatic hydroxyl groups is 1. The Morgan fingerprint density at radius 3 is 2.71 bits per heavy atom. The van der Waals surface area contributed by atoms with Gasteiger partial charge in [-0.15, -0.1) is 10.2 Å². The summed E-state index contributed by atoms with van der Waals surface area (Å²) in [5.74, 6) is 0.0428. The number of aryl methyl sites for hydroxylation is 1. The number of thiocarbonyl (C=S) groups is 1. The molecule has 0 unspecified atom stereocenters. The summed E-state index contributed by atoms with van der Waals surface area (Å²) < 4.78 is 1.63. The molecule has 0 bridgehead atoms. The van der Waals surface area contributed by atoms with Crippen LogP contribution in [0.2, 0.25) is 0 Å². The summed E-state index contributed by atoms with van der Waals surface area (Å²) >= 11 is 4.60. The molecule has 7 heteroatoms. The molecule has 6 nitrogen and oxygen atoms in total. The van der Waals surface area contributed by atoms with Crippen molar-refractivity contribution in [2.45, 2.75) is 0 Å². The second-order valence-electron chi connectivity index (χ2n) is 3.29. The molecule has 17 heavy (non-hydrogen) atoms. The van der Waals surface area contributed by atoms with Gasteiger partial charge in [-0.25, -0.2) is 0 Å². The Labute approximate surface area is 103 Å². The van der Waals surface area contributed by atoms with Crippen LogP contribution >= 0.6 is 12.2 Å². The number of hydrogen-bond donors (Lipinski definition) is 2. The zero-order chi connectivity index (χ0) is 11.7. The van der Waals surface area contributed by atoms with Gasteiger partial charge in [0.25, 0.3) is 0 Å². The molecule has 0 saturated carbocycles. The fourth-order valence-corrected chi connectivity index (χ4v) is 1.60. The maximum atomic E-state index is 9.86. The molecule has 0 radical (unpaired) electrons. The van der Waals surface area contributed by atoms with Crippen LogP contribution in [0.4, 0.5) is 5.69 Å². The lowest BCUT2D eigenvalue weighted by atomic mass is 10.2. The Kier molecular flexibility index (Phi) is 3.77. The molecule has 1 aromatic carbocycles. The van der Waals surface area contributed by atoms with Crippen molar-refractivity contribution in [1.82, 2.24) is 4.57 Å². The number of nitrogens with two attached hydrogens (primary N) is 1. The molecule has 0 spiro atoms. The molecule has 0 amide bonds. The largest absolute Gasteiger partial charge is 0.493 e. The number of fused-ring (bicyclic) bond motifs is 1. The molecule has 2 aromatic rings. The van der Waals surface area contributed by atoms with E-state index >= 15 is 0 Å². The van der Waals surface area contributed by atoms with Gasteiger partial charge in [0.2, 0.25) is 11.0 Å². The molecular weight excluding hydrogens is 240 g/mol. The topological polar surface area (TPSA) is 107 Å². The zero-order valence-electron chi connectivity index (χ0n) is 9.08. The van der Waals surface area contributed by atoms with E-state index in [0.29, 0.717) is 5.69 Å². The van der Waals surface area contributed by atoms with Gasteiger partial charge in [-0.3, -0.25) is 0 Å². The highest BCUT2D eigenvalue weighted by molar-refractivity contribution is 7.80. The molecule has 0 aliphatic rings. The number of hydrogen-bond acceptors (Lipinski definition) is 3. The van der Waals surface area contributed by atoms with E-state index in [2.05, 4.69) is 22.4 Å². The predicted octanol–water partition coefficient (Wildman–Crippen LogP) is 1.39. The lowest BCUT2D eigenvalue weighted by molar-refractivity contribution is 0.436. The van der Waals surface area contributed by atoms with Crippen molar-refractivity contribution in [3.63, 3.8) is 0 Å². The van der Waals surface area contributed by atoms with Gasteiger partial charge >= 0.3 is 0 Å². The van der Waals surface area contributed by atoms with Crippen molar-refractivity contribution >= 4 is 33.9 Å². The minimum atomic E-state index is -0.0627. The second kappa shape index (κ2) is 4.89. The predicted molar refractivity (Wildman–Crippen MR) is 69.5 cm³/mol. The van der Waals surface area contributed by atoms with Crippen molar-refractivity contribution in [3.05, 3.63) is 24.3 Å². The minimum absolute atomic E-state index is 0. The summed E-state index contributed by atoms with van der Waals surface area (Å²) in [7, 11) is 1.75. The van der Waals surface area contributed by atoms with Gasteiger partial charge in [-0.05, 0) is 18.3 Å². The smallest absolute Gasteiger partial charge is 0.220 e. The van der Waals surface area contributed by atoms with Gasteiger partial charge in [-0.2, -0.15) is 0 Å². The number of benzene rings is 1. The van der Waals surface area contributed by atoms with Crippen LogP contribution in [-0.4, -0.2) is 20.3 Å². The number of aromatic nitrogens is 1. The third kappa shape index (κ3) is 2.24. The fraction of sp³-hybridized carbons (Fsp3) is 0.100. The van der Waals surface area contributed by atoms with Crippen LogP contribution in [0.1, 0.15) is 0 Å². The summed E-state index contributed by atoms with van der Waals surface area (Å²) in [6, 6.07) is 7.48. The summed E-state index contributed by atoms with van der Waals surface area (Å²) in [5, 5.41) is 18.0. The summed E-state index contributed by atoms with van der Waals surface area (Å²) in [5.41, 5.74) is 6.48. The molecule has 5 N–H and O–H groups in total. The molecule has 1 aromatic heterocycles. The van der Waals surface area contributed by atoms with Crippen LogP contribution in [0, 0.1) is 0 Å². The Morgan fingerprint density at radius 2 is 2.06 bits per heavy atom. The van der Waals surface area contributed by atoms with E-state index in [0.717, 1.165) is 10.9 Å². The first kappa shape index (κ1) is 13.1. The van der Waals surface area contributed by atoms with Crippen molar-refractivity contribution < 1.29 is 10.6 Å². The molecule has 0 fully saturated rings. The van der Waals surface area contributed by atoms with Crippen LogP contribution in [-0.2, 0) is 7.05 Å². The number of rotatable bonds is 1. The van der Waals surface area contributed by atoms with E-state index < -0.39 is 0 Å². The molecule has 0 saturated heterocycles. The first-order valence-electron chi connectivity index (χ1n) is 4.59. The van der Waals surface area contributed by atoms with E-state index in [1.807, 2.05) is 24.3 Å². The molecule has 1 heterocycles. The first-order valence-corrected chi connectivity index (χ1v) is 4.99. The van der Waals surface area contributed by atoms with Gasteiger partial charge in [0.1, 0.15) is 0 Å². The highest BCUT2D eigenvalue weighted by Gasteiger charge is 2.13. The van der Waals surface area contributed by atoms with Crippen LogP contribution in [0.3, 0.4) is 0 Å². The lowest BCUT2D eigenvalue weighted by Crippen LogP contribution is -2.01. The number of para-hydroxylation sites is 1. The van der Waals surface area contributed by atoms with Crippen LogP contribution < -0.4 is 5.73 Å². The van der Waals surface area contributed by atoms with Gasteiger partial charge < -0.3 is 20.9 Å². The average molecular weight is 252 g/mol. The van der Waals surface area contributed by atoms with Crippen LogP contribution in [0.5, 0.6) is 5.88 Å². The fourth-order valence-electron chi connectivity index (χ4n) is 1.56. The monoisotopic (exact) mass is 252 g/mol. The standard InChI is InChI=1S/C10H10N4OS.H2O/c1-14-7-5-3-2-4-6(7)8(9(14)15)12-13-10(11)16;/h2-5,15H,1H3,(H2,11,16);1H2. The summed E-state index contributed by atoms with van der Waals surface area (Å²) in [6.07, 6.45) is 0. The van der Waals surface area contributed by atoms with Gasteiger partial charge in [-0.1, -0.05) is 18.2 Å². The van der Waals surface area contributed by atoms with E-state index in [9.17, 15) is 5.11 Å². The van der Waals surface area contributed by atoms with Crippen molar-refractivity contribution in [3.8, 4) is 5.88 Å². The van der Waals surface area contributed by atoms with Crippen LogP contribution in [0.25, 0.3) is 10.9 Å².